The number of benzene rings is 2. The van der Waals surface area contributed by atoms with Gasteiger partial charge in [0, 0.05) is 0 Å². The van der Waals surface area contributed by atoms with Crippen LogP contribution in [-0.2, 0) is 27.5 Å². The molecule has 4 atom stereocenters. The van der Waals surface area contributed by atoms with Crippen LogP contribution in [-0.4, -0.2) is 63.3 Å². The van der Waals surface area contributed by atoms with E-state index in [1.807, 2.05) is 36.4 Å². The zero-order valence-corrected chi connectivity index (χ0v) is 25.3. The predicted molar refractivity (Wildman–Crippen MR) is 149 cm³/mol. The normalized spacial score (nSPS) is 22.9. The maximum atomic E-state index is 15.1. The molecule has 10 heteroatoms. The van der Waals surface area contributed by atoms with Crippen molar-refractivity contribution in [1.29, 1.82) is 0 Å². The van der Waals surface area contributed by atoms with Gasteiger partial charge in [-0.15, -0.1) is 0 Å². The number of hydrogen-bond acceptors (Lipinski definition) is 7. The molecule has 0 aromatic heterocycles. The van der Waals surface area contributed by atoms with Crippen LogP contribution in [0, 0.1) is 0 Å². The third kappa shape index (κ3) is 7.20. The van der Waals surface area contributed by atoms with Crippen LogP contribution in [0.4, 0.5) is 4.39 Å². The lowest BCUT2D eigenvalue weighted by atomic mass is 10.2. The number of alkyl halides is 1. The molecule has 3 rings (SSSR count). The summed E-state index contributed by atoms with van der Waals surface area (Å²) in [7, 11) is -6.58. The molecule has 1 N–H and O–H groups in total. The lowest BCUT2D eigenvalue weighted by Crippen LogP contribution is -2.67. The van der Waals surface area contributed by atoms with Crippen LogP contribution in [0.3, 0.4) is 0 Å². The molecule has 0 saturated carbocycles. The molecule has 1 aliphatic rings. The Balaban J connectivity index is 1.81. The van der Waals surface area contributed by atoms with Gasteiger partial charge in [0.25, 0.3) is 8.32 Å². The highest BCUT2D eigenvalue weighted by Crippen LogP contribution is 2.51. The Kier molecular flexibility index (Phi) is 10.5. The predicted octanol–water partition coefficient (Wildman–Crippen LogP) is 5.00. The minimum Gasteiger partial charge on any atom is -0.405 e. The Morgan fingerprint density at radius 3 is 1.84 bits per heavy atom. The number of rotatable bonds is 12. The SMILES string of the molecule is CC(C)OP(=O)(CO[C@H]1O[C@H](CO[Si](c2ccccc2)(c2ccccc2)C(C)(C)C)[C@@H](O)[C@@H]1F)OC(C)C. The Morgan fingerprint density at radius 2 is 1.42 bits per heavy atom. The van der Waals surface area contributed by atoms with Gasteiger partial charge in [-0.25, -0.2) is 4.39 Å². The third-order valence-corrected chi connectivity index (χ3v) is 13.3. The van der Waals surface area contributed by atoms with Crippen LogP contribution in [0.15, 0.2) is 60.7 Å². The Labute approximate surface area is 227 Å². The summed E-state index contributed by atoms with van der Waals surface area (Å²) in [4.78, 5) is 0. The smallest absolute Gasteiger partial charge is 0.356 e. The highest BCUT2D eigenvalue weighted by Gasteiger charge is 2.52. The molecule has 1 fully saturated rings. The minimum absolute atomic E-state index is 0.0443. The first-order chi connectivity index (χ1) is 17.8. The molecule has 0 spiro atoms. The molecular formula is C28H42FO7PSi. The van der Waals surface area contributed by atoms with E-state index in [0.29, 0.717) is 0 Å². The van der Waals surface area contributed by atoms with Gasteiger partial charge in [-0.2, -0.15) is 0 Å². The number of aliphatic hydroxyl groups excluding tert-OH is 1. The van der Waals surface area contributed by atoms with Crippen molar-refractivity contribution in [2.75, 3.05) is 13.0 Å². The fourth-order valence-electron chi connectivity index (χ4n) is 4.82. The molecule has 2 aromatic carbocycles. The first-order valence-electron chi connectivity index (χ1n) is 13.1. The molecule has 0 bridgehead atoms. The molecule has 1 aliphatic heterocycles. The largest absolute Gasteiger partial charge is 0.405 e. The summed E-state index contributed by atoms with van der Waals surface area (Å²) >= 11 is 0. The van der Waals surface area contributed by atoms with Crippen molar-refractivity contribution >= 4 is 26.3 Å². The van der Waals surface area contributed by atoms with Crippen molar-refractivity contribution in [1.82, 2.24) is 0 Å². The van der Waals surface area contributed by atoms with Gasteiger partial charge in [0.1, 0.15) is 12.2 Å². The second-order valence-corrected chi connectivity index (χ2v) is 17.4. The van der Waals surface area contributed by atoms with Gasteiger partial charge in [0.05, 0.1) is 18.8 Å². The standard InChI is InChI=1S/C28H42FO7PSi/c1-20(2)35-37(31,36-21(3)4)19-32-27-25(29)26(30)24(34-27)18-33-38(28(5,6)7,22-14-10-8-11-15-22)23-16-12-9-13-17-23/h8-17,20-21,24-27,30H,18-19H2,1-7H3/t24-,25+,26-,27+/m1/s1. The summed E-state index contributed by atoms with van der Waals surface area (Å²) in [5, 5.41) is 12.5. The first-order valence-corrected chi connectivity index (χ1v) is 16.7. The van der Waals surface area contributed by atoms with E-state index in [1.165, 1.54) is 0 Å². The maximum Gasteiger partial charge on any atom is 0.356 e. The van der Waals surface area contributed by atoms with E-state index >= 15 is 4.39 Å². The molecular weight excluding hydrogens is 526 g/mol. The van der Waals surface area contributed by atoms with Crippen LogP contribution in [0.1, 0.15) is 48.5 Å². The van der Waals surface area contributed by atoms with Crippen LogP contribution in [0.25, 0.3) is 0 Å². The van der Waals surface area contributed by atoms with E-state index in [-0.39, 0.29) is 23.9 Å². The monoisotopic (exact) mass is 568 g/mol. The second kappa shape index (κ2) is 12.8. The number of ether oxygens (including phenoxy) is 2. The molecule has 0 amide bonds. The minimum atomic E-state index is -3.67. The fraction of sp³-hybridized carbons (Fsp3) is 0.571. The molecule has 212 valence electrons. The number of aliphatic hydroxyl groups is 1. The van der Waals surface area contributed by atoms with Crippen molar-refractivity contribution in [3.63, 3.8) is 0 Å². The highest BCUT2D eigenvalue weighted by molar-refractivity contribution is 7.53. The van der Waals surface area contributed by atoms with Crippen LogP contribution < -0.4 is 10.4 Å². The summed E-state index contributed by atoms with van der Waals surface area (Å²) in [5.74, 6) is 0. The molecule has 1 saturated heterocycles. The van der Waals surface area contributed by atoms with E-state index in [9.17, 15) is 9.67 Å². The van der Waals surface area contributed by atoms with Gasteiger partial charge in [-0.3, -0.25) is 4.57 Å². The van der Waals surface area contributed by atoms with E-state index in [1.54, 1.807) is 27.7 Å². The molecule has 7 nitrogen and oxygen atoms in total. The van der Waals surface area contributed by atoms with Crippen molar-refractivity contribution in [2.45, 2.75) is 90.4 Å². The Morgan fingerprint density at radius 1 is 0.947 bits per heavy atom. The molecule has 1 heterocycles. The van der Waals surface area contributed by atoms with E-state index in [2.05, 4.69) is 45.0 Å². The van der Waals surface area contributed by atoms with E-state index in [0.717, 1.165) is 10.4 Å². The van der Waals surface area contributed by atoms with Gasteiger partial charge in [-0.1, -0.05) is 81.4 Å². The number of halogens is 1. The van der Waals surface area contributed by atoms with Gasteiger partial charge < -0.3 is 28.1 Å². The van der Waals surface area contributed by atoms with Crippen molar-refractivity contribution < 1.29 is 37.0 Å². The zero-order chi connectivity index (χ0) is 28.1. The zero-order valence-electron chi connectivity index (χ0n) is 23.4. The van der Waals surface area contributed by atoms with Crippen LogP contribution in [0.2, 0.25) is 5.04 Å². The lowest BCUT2D eigenvalue weighted by molar-refractivity contribution is -0.149. The van der Waals surface area contributed by atoms with Crippen LogP contribution in [0.5, 0.6) is 0 Å². The number of hydrogen-bond donors (Lipinski definition) is 1. The van der Waals surface area contributed by atoms with Crippen molar-refractivity contribution in [3.8, 4) is 0 Å². The average molecular weight is 569 g/mol. The molecule has 38 heavy (non-hydrogen) atoms. The summed E-state index contributed by atoms with van der Waals surface area (Å²) in [5.41, 5.74) is 0. The summed E-state index contributed by atoms with van der Waals surface area (Å²) < 4.78 is 57.3. The maximum absolute atomic E-state index is 15.1. The van der Waals surface area contributed by atoms with Crippen molar-refractivity contribution in [3.05, 3.63) is 60.7 Å². The van der Waals surface area contributed by atoms with Crippen LogP contribution >= 0.6 is 7.60 Å². The van der Waals surface area contributed by atoms with Crippen molar-refractivity contribution in [2.24, 2.45) is 0 Å². The Hall–Kier alpha value is -1.42. The quantitative estimate of drug-likeness (QED) is 0.285. The Bertz CT molecular complexity index is 995. The second-order valence-electron chi connectivity index (χ2n) is 11.2. The summed E-state index contributed by atoms with van der Waals surface area (Å²) in [6.07, 6.45) is -7.00. The topological polar surface area (TPSA) is 83.5 Å². The van der Waals surface area contributed by atoms with Gasteiger partial charge >= 0.3 is 7.60 Å². The third-order valence-electron chi connectivity index (χ3n) is 6.30. The molecule has 2 aromatic rings. The average Bonchev–Trinajstić information content (AvgIpc) is 3.11. The lowest BCUT2D eigenvalue weighted by Gasteiger charge is -2.43. The molecule has 0 aliphatic carbocycles. The first kappa shape index (κ1) is 31.1. The molecule has 0 radical (unpaired) electrons. The fourth-order valence-corrected chi connectivity index (χ4v) is 11.2. The van der Waals surface area contributed by atoms with Gasteiger partial charge in [0.15, 0.2) is 18.8 Å². The van der Waals surface area contributed by atoms with E-state index in [4.69, 9.17) is 22.9 Å². The highest BCUT2D eigenvalue weighted by atomic mass is 31.2. The molecule has 0 unspecified atom stereocenters. The van der Waals surface area contributed by atoms with Gasteiger partial charge in [-0.05, 0) is 43.1 Å². The summed E-state index contributed by atoms with van der Waals surface area (Å²) in [6, 6.07) is 20.1. The summed E-state index contributed by atoms with van der Waals surface area (Å²) in [6.45, 7) is 13.3. The van der Waals surface area contributed by atoms with E-state index < -0.39 is 46.9 Å². The van der Waals surface area contributed by atoms with Gasteiger partial charge in [0.2, 0.25) is 0 Å².